The molecule has 29 heavy (non-hydrogen) atoms. The number of phenolic OH excluding ortho intramolecular Hbond substituents is 1. The van der Waals surface area contributed by atoms with Gasteiger partial charge in [0.15, 0.2) is 0 Å². The maximum atomic E-state index is 12.3. The second-order valence-electron chi connectivity index (χ2n) is 8.28. The van der Waals surface area contributed by atoms with Crippen LogP contribution in [0.25, 0.3) is 0 Å². The first-order chi connectivity index (χ1) is 14.0. The van der Waals surface area contributed by atoms with Crippen LogP contribution < -0.4 is 0 Å². The molecule has 0 fully saturated rings. The van der Waals surface area contributed by atoms with Crippen LogP contribution in [0.5, 0.6) is 5.75 Å². The van der Waals surface area contributed by atoms with Gasteiger partial charge < -0.3 is 9.84 Å². The summed E-state index contributed by atoms with van der Waals surface area (Å²) in [7, 11) is 0. The number of carbonyl (C=O) groups excluding carboxylic acids is 1. The molecule has 0 aliphatic heterocycles. The highest BCUT2D eigenvalue weighted by Gasteiger charge is 2.17. The minimum Gasteiger partial charge on any atom is -0.508 e. The van der Waals surface area contributed by atoms with Crippen LogP contribution in [0.15, 0.2) is 24.3 Å². The molecule has 4 nitrogen and oxygen atoms in total. The molecule has 1 rings (SSSR count). The molecular weight excluding hydrogens is 362 g/mol. The lowest BCUT2D eigenvalue weighted by Crippen LogP contribution is -2.36. The first-order valence-electron chi connectivity index (χ1n) is 11.7. The van der Waals surface area contributed by atoms with E-state index in [4.69, 9.17) is 4.74 Å². The van der Waals surface area contributed by atoms with Gasteiger partial charge in [-0.05, 0) is 48.9 Å². The van der Waals surface area contributed by atoms with Gasteiger partial charge in [0.25, 0.3) is 0 Å². The zero-order valence-corrected chi connectivity index (χ0v) is 19.2. The van der Waals surface area contributed by atoms with Gasteiger partial charge in [-0.25, -0.2) is 4.79 Å². The van der Waals surface area contributed by atoms with Crippen LogP contribution in [0.3, 0.4) is 0 Å². The van der Waals surface area contributed by atoms with E-state index in [9.17, 15) is 9.90 Å². The summed E-state index contributed by atoms with van der Waals surface area (Å²) in [4.78, 5) is 14.8. The van der Waals surface area contributed by atoms with Crippen molar-refractivity contribution in [2.75, 3.05) is 26.2 Å². The van der Waals surface area contributed by atoms with E-state index in [0.29, 0.717) is 24.0 Å². The Hall–Kier alpha value is -1.55. The zero-order valence-electron chi connectivity index (χ0n) is 19.2. The van der Waals surface area contributed by atoms with Crippen molar-refractivity contribution in [3.8, 4) is 5.75 Å². The highest BCUT2D eigenvalue weighted by atomic mass is 16.5. The van der Waals surface area contributed by atoms with Crippen molar-refractivity contribution in [2.45, 2.75) is 79.1 Å². The Balaban J connectivity index is 2.63. The predicted octanol–water partition coefficient (Wildman–Crippen LogP) is 6.28. The van der Waals surface area contributed by atoms with Crippen molar-refractivity contribution < 1.29 is 14.6 Å². The standard InChI is InChI=1S/C25H43NO3/c1-5-9-11-21(7-3)19-26(20-22(8-4)12-10-6-2)17-18-29-25(28)23-13-15-24(27)16-14-23/h13-16,21-22,27H,5-12,17-20H2,1-4H3. The molecule has 0 saturated carbocycles. The Morgan fingerprint density at radius 3 is 1.90 bits per heavy atom. The maximum Gasteiger partial charge on any atom is 0.338 e. The van der Waals surface area contributed by atoms with Crippen LogP contribution in [-0.4, -0.2) is 42.2 Å². The van der Waals surface area contributed by atoms with Crippen molar-refractivity contribution in [3.05, 3.63) is 29.8 Å². The van der Waals surface area contributed by atoms with E-state index in [0.717, 1.165) is 19.6 Å². The number of unbranched alkanes of at least 4 members (excludes halogenated alkanes) is 2. The smallest absolute Gasteiger partial charge is 0.338 e. The fraction of sp³-hybridized carbons (Fsp3) is 0.720. The molecule has 0 bridgehead atoms. The van der Waals surface area contributed by atoms with Crippen molar-refractivity contribution in [2.24, 2.45) is 11.8 Å². The molecule has 0 radical (unpaired) electrons. The van der Waals surface area contributed by atoms with Gasteiger partial charge >= 0.3 is 5.97 Å². The van der Waals surface area contributed by atoms with Crippen LogP contribution in [0.1, 0.15) is 89.4 Å². The number of hydrogen-bond acceptors (Lipinski definition) is 4. The molecule has 2 unspecified atom stereocenters. The van der Waals surface area contributed by atoms with Crippen LogP contribution in [0, 0.1) is 11.8 Å². The highest BCUT2D eigenvalue weighted by molar-refractivity contribution is 5.89. The number of carbonyl (C=O) groups is 1. The Bertz CT molecular complexity index is 526. The number of aromatic hydroxyl groups is 1. The third kappa shape index (κ3) is 10.7. The summed E-state index contributed by atoms with van der Waals surface area (Å²) in [5.41, 5.74) is 0.484. The van der Waals surface area contributed by atoms with Gasteiger partial charge in [-0.3, -0.25) is 4.90 Å². The summed E-state index contributed by atoms with van der Waals surface area (Å²) < 4.78 is 5.53. The summed E-state index contributed by atoms with van der Waals surface area (Å²) >= 11 is 0. The van der Waals surface area contributed by atoms with E-state index in [1.54, 1.807) is 12.1 Å². The average Bonchev–Trinajstić information content (AvgIpc) is 2.73. The summed E-state index contributed by atoms with van der Waals surface area (Å²) in [6.45, 7) is 12.5. The number of phenols is 1. The molecule has 0 saturated heterocycles. The van der Waals surface area contributed by atoms with E-state index < -0.39 is 0 Å². The number of benzene rings is 1. The predicted molar refractivity (Wildman–Crippen MR) is 121 cm³/mol. The molecule has 0 aromatic heterocycles. The topological polar surface area (TPSA) is 49.8 Å². The minimum absolute atomic E-state index is 0.156. The molecule has 0 aliphatic rings. The Kier molecular flexibility index (Phi) is 13.5. The van der Waals surface area contributed by atoms with E-state index in [1.807, 2.05) is 0 Å². The Morgan fingerprint density at radius 1 is 0.931 bits per heavy atom. The van der Waals surface area contributed by atoms with Gasteiger partial charge in [0.1, 0.15) is 12.4 Å². The second-order valence-corrected chi connectivity index (χ2v) is 8.28. The molecule has 1 aromatic carbocycles. The zero-order chi connectivity index (χ0) is 21.5. The van der Waals surface area contributed by atoms with E-state index >= 15 is 0 Å². The van der Waals surface area contributed by atoms with Crippen molar-refractivity contribution in [3.63, 3.8) is 0 Å². The molecule has 0 amide bonds. The fourth-order valence-corrected chi connectivity index (χ4v) is 3.77. The van der Waals surface area contributed by atoms with Crippen LogP contribution in [0.2, 0.25) is 0 Å². The number of rotatable bonds is 16. The quantitative estimate of drug-likeness (QED) is 0.329. The number of hydrogen-bond donors (Lipinski definition) is 1. The lowest BCUT2D eigenvalue weighted by molar-refractivity contribution is 0.0439. The summed E-state index contributed by atoms with van der Waals surface area (Å²) in [5, 5.41) is 9.37. The number of esters is 1. The Morgan fingerprint density at radius 2 is 1.45 bits per heavy atom. The molecule has 1 aromatic rings. The lowest BCUT2D eigenvalue weighted by atomic mass is 9.96. The third-order valence-electron chi connectivity index (χ3n) is 5.86. The van der Waals surface area contributed by atoms with Gasteiger partial charge in [-0.1, -0.05) is 66.2 Å². The SMILES string of the molecule is CCCCC(CC)CN(CCOC(=O)c1ccc(O)cc1)CC(CC)CCCC. The number of ether oxygens (including phenoxy) is 1. The fourth-order valence-electron chi connectivity index (χ4n) is 3.77. The molecule has 0 spiro atoms. The average molecular weight is 406 g/mol. The molecule has 166 valence electrons. The van der Waals surface area contributed by atoms with E-state index in [2.05, 4.69) is 32.6 Å². The lowest BCUT2D eigenvalue weighted by Gasteiger charge is -2.30. The normalized spacial score (nSPS) is 13.4. The summed E-state index contributed by atoms with van der Waals surface area (Å²) in [5.74, 6) is 1.27. The van der Waals surface area contributed by atoms with Gasteiger partial charge in [0.05, 0.1) is 5.56 Å². The minimum atomic E-state index is -0.319. The van der Waals surface area contributed by atoms with Crippen molar-refractivity contribution >= 4 is 5.97 Å². The van der Waals surface area contributed by atoms with Crippen molar-refractivity contribution in [1.82, 2.24) is 4.90 Å². The van der Waals surface area contributed by atoms with Crippen LogP contribution >= 0.6 is 0 Å². The summed E-state index contributed by atoms with van der Waals surface area (Å²) in [6, 6.07) is 6.24. The molecule has 0 heterocycles. The first kappa shape index (κ1) is 25.5. The maximum absolute atomic E-state index is 12.3. The van der Waals surface area contributed by atoms with Crippen LogP contribution in [0.4, 0.5) is 0 Å². The van der Waals surface area contributed by atoms with E-state index in [1.165, 1.54) is 63.5 Å². The van der Waals surface area contributed by atoms with Gasteiger partial charge in [-0.15, -0.1) is 0 Å². The van der Waals surface area contributed by atoms with E-state index in [-0.39, 0.29) is 11.7 Å². The van der Waals surface area contributed by atoms with Crippen molar-refractivity contribution in [1.29, 1.82) is 0 Å². The summed E-state index contributed by atoms with van der Waals surface area (Å²) in [6.07, 6.45) is 10.0. The molecule has 1 N–H and O–H groups in total. The van der Waals surface area contributed by atoms with Gasteiger partial charge in [0, 0.05) is 19.6 Å². The molecular formula is C25H43NO3. The monoisotopic (exact) mass is 405 g/mol. The molecule has 0 aliphatic carbocycles. The molecule has 2 atom stereocenters. The second kappa shape index (κ2) is 15.3. The first-order valence-corrected chi connectivity index (χ1v) is 11.7. The Labute approximate surface area is 178 Å². The van der Waals surface area contributed by atoms with Gasteiger partial charge in [0.2, 0.25) is 0 Å². The molecule has 4 heteroatoms. The third-order valence-corrected chi connectivity index (χ3v) is 5.86. The highest BCUT2D eigenvalue weighted by Crippen LogP contribution is 2.19. The van der Waals surface area contributed by atoms with Gasteiger partial charge in [-0.2, -0.15) is 0 Å². The number of nitrogens with zero attached hydrogens (tertiary/aromatic N) is 1. The van der Waals surface area contributed by atoms with Crippen LogP contribution in [-0.2, 0) is 4.74 Å². The largest absolute Gasteiger partial charge is 0.508 e.